The van der Waals surface area contributed by atoms with Gasteiger partial charge < -0.3 is 14.8 Å². The van der Waals surface area contributed by atoms with Crippen molar-refractivity contribution in [3.8, 4) is 0 Å². The summed E-state index contributed by atoms with van der Waals surface area (Å²) in [5.74, 6) is -0.375. The molecule has 0 atom stereocenters. The molecule has 0 unspecified atom stereocenters. The summed E-state index contributed by atoms with van der Waals surface area (Å²) in [6, 6.07) is 2.08. The van der Waals surface area contributed by atoms with Crippen molar-refractivity contribution in [3.63, 3.8) is 0 Å². The lowest BCUT2D eigenvalue weighted by Gasteiger charge is -2.22. The lowest BCUT2D eigenvalue weighted by molar-refractivity contribution is -0.145. The summed E-state index contributed by atoms with van der Waals surface area (Å²) in [5.41, 5.74) is 0. The number of nitrogens with one attached hydrogen (secondary N) is 1. The van der Waals surface area contributed by atoms with E-state index in [9.17, 15) is 0 Å². The highest BCUT2D eigenvalue weighted by Crippen LogP contribution is 2.23. The Kier molecular flexibility index (Phi) is 4.38. The molecule has 0 bridgehead atoms. The molecule has 1 aliphatic rings. The molecule has 1 aliphatic heterocycles. The van der Waals surface area contributed by atoms with Gasteiger partial charge in [-0.15, -0.1) is 11.3 Å². The summed E-state index contributed by atoms with van der Waals surface area (Å²) >= 11 is 5.28. The van der Waals surface area contributed by atoms with Crippen LogP contribution >= 0.6 is 27.3 Å². The van der Waals surface area contributed by atoms with Gasteiger partial charge in [-0.3, -0.25) is 0 Å². The van der Waals surface area contributed by atoms with Gasteiger partial charge in [0.25, 0.3) is 0 Å². The van der Waals surface area contributed by atoms with Crippen LogP contribution in [0.25, 0.3) is 0 Å². The van der Waals surface area contributed by atoms with Crippen LogP contribution in [-0.2, 0) is 16.0 Å². The van der Waals surface area contributed by atoms with Crippen LogP contribution in [0.2, 0.25) is 0 Å². The molecule has 0 spiro atoms. The van der Waals surface area contributed by atoms with Crippen LogP contribution in [0.3, 0.4) is 0 Å². The Balaban J connectivity index is 1.67. The van der Waals surface area contributed by atoms with Gasteiger partial charge in [0, 0.05) is 28.9 Å². The van der Waals surface area contributed by atoms with Crippen molar-refractivity contribution in [2.24, 2.45) is 0 Å². The number of rotatable bonds is 5. The zero-order chi connectivity index (χ0) is 11.4. The van der Waals surface area contributed by atoms with Gasteiger partial charge in [0.1, 0.15) is 0 Å². The molecule has 1 fully saturated rings. The van der Waals surface area contributed by atoms with Crippen molar-refractivity contribution in [2.45, 2.75) is 25.7 Å². The number of ether oxygens (including phenoxy) is 2. The predicted molar refractivity (Wildman–Crippen MR) is 68.7 cm³/mol. The highest BCUT2D eigenvalue weighted by molar-refractivity contribution is 9.10. The van der Waals surface area contributed by atoms with E-state index in [-0.39, 0.29) is 5.79 Å². The molecule has 1 N–H and O–H groups in total. The van der Waals surface area contributed by atoms with Crippen molar-refractivity contribution in [1.82, 2.24) is 5.32 Å². The minimum Gasteiger partial charge on any atom is -0.348 e. The number of halogens is 1. The SMILES string of the molecule is CC1(CCNCc2sccc2Br)OCCO1. The Morgan fingerprint density at radius 1 is 1.50 bits per heavy atom. The zero-order valence-corrected chi connectivity index (χ0v) is 11.7. The van der Waals surface area contributed by atoms with E-state index < -0.39 is 0 Å². The van der Waals surface area contributed by atoms with E-state index in [4.69, 9.17) is 9.47 Å². The molecule has 2 heterocycles. The second-order valence-electron chi connectivity index (χ2n) is 3.95. The first-order chi connectivity index (χ1) is 7.70. The molecule has 0 amide bonds. The highest BCUT2D eigenvalue weighted by atomic mass is 79.9. The van der Waals surface area contributed by atoms with E-state index in [2.05, 4.69) is 32.7 Å². The standard InChI is InChI=1S/C11H16BrNO2S/c1-11(14-5-6-15-11)3-4-13-8-10-9(12)2-7-16-10/h2,7,13H,3-6,8H2,1H3. The summed E-state index contributed by atoms with van der Waals surface area (Å²) in [5, 5.41) is 5.49. The first-order valence-corrected chi connectivity index (χ1v) is 7.07. The Hall–Kier alpha value is 0.0600. The topological polar surface area (TPSA) is 30.5 Å². The van der Waals surface area contributed by atoms with E-state index in [0.29, 0.717) is 13.2 Å². The smallest absolute Gasteiger partial charge is 0.166 e. The van der Waals surface area contributed by atoms with E-state index in [1.165, 1.54) is 9.35 Å². The molecule has 1 saturated heterocycles. The van der Waals surface area contributed by atoms with Crippen molar-refractivity contribution < 1.29 is 9.47 Å². The van der Waals surface area contributed by atoms with Gasteiger partial charge in [-0.1, -0.05) is 0 Å². The van der Waals surface area contributed by atoms with Crippen LogP contribution in [0.4, 0.5) is 0 Å². The third-order valence-electron chi connectivity index (χ3n) is 2.63. The normalized spacial score (nSPS) is 19.1. The summed E-state index contributed by atoms with van der Waals surface area (Å²) in [6.45, 7) is 5.23. The van der Waals surface area contributed by atoms with Gasteiger partial charge in [0.15, 0.2) is 5.79 Å². The van der Waals surface area contributed by atoms with Crippen LogP contribution < -0.4 is 5.32 Å². The van der Waals surface area contributed by atoms with E-state index in [0.717, 1.165) is 19.5 Å². The Morgan fingerprint density at radius 2 is 2.25 bits per heavy atom. The first-order valence-electron chi connectivity index (χ1n) is 5.40. The number of thiophene rings is 1. The zero-order valence-electron chi connectivity index (χ0n) is 9.29. The third kappa shape index (κ3) is 3.28. The Labute approximate surface area is 108 Å². The molecule has 90 valence electrons. The number of hydrogen-bond donors (Lipinski definition) is 1. The van der Waals surface area contributed by atoms with Crippen molar-refractivity contribution >= 4 is 27.3 Å². The van der Waals surface area contributed by atoms with Crippen LogP contribution in [-0.4, -0.2) is 25.5 Å². The fraction of sp³-hybridized carbons (Fsp3) is 0.636. The lowest BCUT2D eigenvalue weighted by atomic mass is 10.2. The van der Waals surface area contributed by atoms with E-state index in [1.807, 2.05) is 6.92 Å². The van der Waals surface area contributed by atoms with Crippen molar-refractivity contribution in [1.29, 1.82) is 0 Å². The summed E-state index contributed by atoms with van der Waals surface area (Å²) in [6.07, 6.45) is 0.885. The van der Waals surface area contributed by atoms with E-state index >= 15 is 0 Å². The summed E-state index contributed by atoms with van der Waals surface area (Å²) in [7, 11) is 0. The fourth-order valence-corrected chi connectivity index (χ4v) is 3.13. The molecular formula is C11H16BrNO2S. The molecule has 2 rings (SSSR count). The maximum absolute atomic E-state index is 5.53. The molecule has 3 nitrogen and oxygen atoms in total. The fourth-order valence-electron chi connectivity index (χ4n) is 1.67. The second-order valence-corrected chi connectivity index (χ2v) is 5.80. The molecule has 1 aromatic heterocycles. The van der Waals surface area contributed by atoms with Gasteiger partial charge in [-0.2, -0.15) is 0 Å². The van der Waals surface area contributed by atoms with Gasteiger partial charge in [-0.05, 0) is 34.3 Å². The third-order valence-corrected chi connectivity index (χ3v) is 4.56. The second kappa shape index (κ2) is 5.60. The lowest BCUT2D eigenvalue weighted by Crippen LogP contribution is -2.30. The highest BCUT2D eigenvalue weighted by Gasteiger charge is 2.29. The van der Waals surface area contributed by atoms with Crippen LogP contribution in [0.15, 0.2) is 15.9 Å². The molecule has 16 heavy (non-hydrogen) atoms. The van der Waals surface area contributed by atoms with Crippen molar-refractivity contribution in [3.05, 3.63) is 20.8 Å². The Bertz CT molecular complexity index is 336. The number of hydrogen-bond acceptors (Lipinski definition) is 4. The predicted octanol–water partition coefficient (Wildman–Crippen LogP) is 2.75. The van der Waals surface area contributed by atoms with Gasteiger partial charge in [-0.25, -0.2) is 0 Å². The summed E-state index contributed by atoms with van der Waals surface area (Å²) < 4.78 is 12.2. The first kappa shape index (κ1) is 12.5. The van der Waals surface area contributed by atoms with Gasteiger partial charge >= 0.3 is 0 Å². The van der Waals surface area contributed by atoms with Crippen LogP contribution in [0.5, 0.6) is 0 Å². The summed E-state index contributed by atoms with van der Waals surface area (Å²) in [4.78, 5) is 1.33. The maximum Gasteiger partial charge on any atom is 0.166 e. The average molecular weight is 306 g/mol. The average Bonchev–Trinajstić information content (AvgIpc) is 2.84. The van der Waals surface area contributed by atoms with Crippen LogP contribution in [0, 0.1) is 0 Å². The monoisotopic (exact) mass is 305 g/mol. The molecule has 0 aliphatic carbocycles. The van der Waals surface area contributed by atoms with Crippen molar-refractivity contribution in [2.75, 3.05) is 19.8 Å². The molecule has 5 heteroatoms. The van der Waals surface area contributed by atoms with Gasteiger partial charge in [0.05, 0.1) is 13.2 Å². The maximum atomic E-state index is 5.53. The van der Waals surface area contributed by atoms with Crippen LogP contribution in [0.1, 0.15) is 18.2 Å². The minimum absolute atomic E-state index is 0.375. The molecule has 1 aromatic rings. The molecular weight excluding hydrogens is 290 g/mol. The molecule has 0 aromatic carbocycles. The molecule has 0 saturated carbocycles. The quantitative estimate of drug-likeness (QED) is 0.849. The minimum atomic E-state index is -0.375. The van der Waals surface area contributed by atoms with E-state index in [1.54, 1.807) is 11.3 Å². The van der Waals surface area contributed by atoms with Gasteiger partial charge in [0.2, 0.25) is 0 Å². The Morgan fingerprint density at radius 3 is 2.88 bits per heavy atom. The molecule has 0 radical (unpaired) electrons. The largest absolute Gasteiger partial charge is 0.348 e.